The first-order valence-electron chi connectivity index (χ1n) is 10.2. The highest BCUT2D eigenvalue weighted by Gasteiger charge is 2.28. The summed E-state index contributed by atoms with van der Waals surface area (Å²) in [7, 11) is -3.32. The van der Waals surface area contributed by atoms with Gasteiger partial charge in [-0.05, 0) is 55.0 Å². The van der Waals surface area contributed by atoms with E-state index in [9.17, 15) is 13.2 Å². The third-order valence-electron chi connectivity index (χ3n) is 5.26. The minimum Gasteiger partial charge on any atom is -0.463 e. The summed E-state index contributed by atoms with van der Waals surface area (Å²) in [5.41, 5.74) is 2.42. The number of rotatable bonds is 5. The minimum absolute atomic E-state index is 0.125. The molecule has 1 aliphatic heterocycles. The topological polar surface area (TPSA) is 97.4 Å². The van der Waals surface area contributed by atoms with Crippen LogP contribution in [0.1, 0.15) is 16.9 Å². The second-order valence-electron chi connectivity index (χ2n) is 7.53. The maximum atomic E-state index is 13.0. The van der Waals surface area contributed by atoms with Crippen LogP contribution in [0.4, 0.5) is 11.4 Å². The number of nitrogens with one attached hydrogen (secondary N) is 1. The lowest BCUT2D eigenvalue weighted by atomic mass is 10.2. The number of anilines is 2. The van der Waals surface area contributed by atoms with Gasteiger partial charge in [-0.3, -0.25) is 9.10 Å². The Labute approximate surface area is 195 Å². The van der Waals surface area contributed by atoms with Crippen molar-refractivity contribution < 1.29 is 17.6 Å². The Morgan fingerprint density at radius 1 is 1.03 bits per heavy atom. The van der Waals surface area contributed by atoms with E-state index in [1.165, 1.54) is 4.31 Å². The predicted molar refractivity (Wildman–Crippen MR) is 126 cm³/mol. The molecule has 0 unspecified atom stereocenters. The Balaban J connectivity index is 1.46. The van der Waals surface area contributed by atoms with Crippen LogP contribution in [-0.2, 0) is 10.0 Å². The van der Waals surface area contributed by atoms with E-state index in [-0.39, 0.29) is 11.4 Å². The average Bonchev–Trinajstić information content (AvgIpc) is 3.53. The lowest BCUT2D eigenvalue weighted by Gasteiger charge is -2.17. The number of halogens is 1. The van der Waals surface area contributed by atoms with E-state index in [0.717, 1.165) is 0 Å². The average molecular weight is 483 g/mol. The Bertz CT molecular complexity index is 1430. The van der Waals surface area contributed by atoms with Crippen LogP contribution in [0.5, 0.6) is 0 Å². The summed E-state index contributed by atoms with van der Waals surface area (Å²) in [4.78, 5) is 13.0. The van der Waals surface area contributed by atoms with Crippen LogP contribution in [0, 0.1) is 0 Å². The summed E-state index contributed by atoms with van der Waals surface area (Å²) in [6.07, 6.45) is 2.12. The molecule has 168 valence electrons. The summed E-state index contributed by atoms with van der Waals surface area (Å²) in [6, 6.07) is 19.0. The molecule has 0 spiro atoms. The molecule has 33 heavy (non-hydrogen) atoms. The second kappa shape index (κ2) is 8.42. The molecule has 1 fully saturated rings. The van der Waals surface area contributed by atoms with Gasteiger partial charge in [-0.1, -0.05) is 23.7 Å². The molecule has 1 aliphatic rings. The van der Waals surface area contributed by atoms with Gasteiger partial charge >= 0.3 is 0 Å². The number of aromatic nitrogens is 2. The number of carbonyl (C=O) groups is 1. The highest BCUT2D eigenvalue weighted by molar-refractivity contribution is 7.93. The Hall–Kier alpha value is -3.56. The van der Waals surface area contributed by atoms with Gasteiger partial charge in [0.25, 0.3) is 5.91 Å². The molecular weight excluding hydrogens is 464 g/mol. The molecule has 8 nitrogen and oxygen atoms in total. The van der Waals surface area contributed by atoms with Gasteiger partial charge in [-0.15, -0.1) is 0 Å². The van der Waals surface area contributed by atoms with Crippen molar-refractivity contribution in [3.05, 3.63) is 83.7 Å². The predicted octanol–water partition coefficient (Wildman–Crippen LogP) is 4.58. The molecule has 4 aromatic rings. The largest absolute Gasteiger partial charge is 0.463 e. The Morgan fingerprint density at radius 3 is 2.58 bits per heavy atom. The van der Waals surface area contributed by atoms with Crippen molar-refractivity contribution in [2.45, 2.75) is 6.42 Å². The van der Waals surface area contributed by atoms with E-state index in [1.54, 1.807) is 71.6 Å². The molecule has 0 atom stereocenters. The van der Waals surface area contributed by atoms with Gasteiger partial charge in [0.2, 0.25) is 10.0 Å². The number of furan rings is 1. The van der Waals surface area contributed by atoms with Gasteiger partial charge in [0.15, 0.2) is 11.5 Å². The SMILES string of the molecule is O=C(Nc1cccc(N2CCCS2(=O)=O)c1)c1cc(-c2ccco2)n(-c2cccc(Cl)c2)n1. The van der Waals surface area contributed by atoms with Crippen molar-refractivity contribution in [2.24, 2.45) is 0 Å². The van der Waals surface area contributed by atoms with Crippen LogP contribution in [0.15, 0.2) is 77.4 Å². The van der Waals surface area contributed by atoms with Gasteiger partial charge in [0.1, 0.15) is 5.69 Å². The Kier molecular flexibility index (Phi) is 5.43. The zero-order valence-electron chi connectivity index (χ0n) is 17.3. The molecule has 2 aromatic heterocycles. The van der Waals surface area contributed by atoms with Crippen molar-refractivity contribution >= 4 is 38.9 Å². The molecule has 3 heterocycles. The van der Waals surface area contributed by atoms with E-state index >= 15 is 0 Å². The summed E-state index contributed by atoms with van der Waals surface area (Å²) in [5.74, 6) is 0.230. The Morgan fingerprint density at radius 2 is 1.85 bits per heavy atom. The molecular formula is C23H19ClN4O4S. The third kappa shape index (κ3) is 4.24. The molecule has 1 amide bonds. The van der Waals surface area contributed by atoms with E-state index < -0.39 is 15.9 Å². The number of nitrogens with zero attached hydrogens (tertiary/aromatic N) is 3. The van der Waals surface area contributed by atoms with Crippen LogP contribution in [-0.4, -0.2) is 36.4 Å². The van der Waals surface area contributed by atoms with Crippen molar-refractivity contribution in [2.75, 3.05) is 21.9 Å². The lowest BCUT2D eigenvalue weighted by molar-refractivity contribution is 0.102. The molecule has 0 bridgehead atoms. The molecule has 0 aliphatic carbocycles. The van der Waals surface area contributed by atoms with Gasteiger partial charge in [-0.2, -0.15) is 5.10 Å². The molecule has 1 saturated heterocycles. The summed E-state index contributed by atoms with van der Waals surface area (Å²) in [5, 5.41) is 7.82. The van der Waals surface area contributed by atoms with Gasteiger partial charge < -0.3 is 9.73 Å². The van der Waals surface area contributed by atoms with Gasteiger partial charge in [0, 0.05) is 23.3 Å². The summed E-state index contributed by atoms with van der Waals surface area (Å²) in [6.45, 7) is 0.427. The number of sulfonamides is 1. The van der Waals surface area contributed by atoms with E-state index in [0.29, 0.717) is 46.5 Å². The maximum Gasteiger partial charge on any atom is 0.276 e. The van der Waals surface area contributed by atoms with Gasteiger partial charge in [0.05, 0.1) is 23.4 Å². The first-order valence-corrected chi connectivity index (χ1v) is 12.2. The number of carbonyl (C=O) groups excluding carboxylic acids is 1. The van der Waals surface area contributed by atoms with Crippen molar-refractivity contribution in [1.82, 2.24) is 9.78 Å². The quantitative estimate of drug-likeness (QED) is 0.449. The fourth-order valence-electron chi connectivity index (χ4n) is 3.76. The monoisotopic (exact) mass is 482 g/mol. The highest BCUT2D eigenvalue weighted by atomic mass is 35.5. The first-order chi connectivity index (χ1) is 15.9. The van der Waals surface area contributed by atoms with E-state index in [2.05, 4.69) is 10.4 Å². The summed E-state index contributed by atoms with van der Waals surface area (Å²) < 4.78 is 33.0. The summed E-state index contributed by atoms with van der Waals surface area (Å²) >= 11 is 6.15. The van der Waals surface area contributed by atoms with Crippen LogP contribution in [0.3, 0.4) is 0 Å². The van der Waals surface area contributed by atoms with Crippen molar-refractivity contribution in [1.29, 1.82) is 0 Å². The second-order valence-corrected chi connectivity index (χ2v) is 9.98. The zero-order chi connectivity index (χ0) is 23.0. The fourth-order valence-corrected chi connectivity index (χ4v) is 5.50. The lowest BCUT2D eigenvalue weighted by Crippen LogP contribution is -2.25. The molecule has 10 heteroatoms. The van der Waals surface area contributed by atoms with Crippen LogP contribution < -0.4 is 9.62 Å². The normalized spacial score (nSPS) is 15.0. The molecule has 1 N–H and O–H groups in total. The van der Waals surface area contributed by atoms with Crippen LogP contribution >= 0.6 is 11.6 Å². The number of hydrogen-bond acceptors (Lipinski definition) is 5. The molecule has 0 saturated carbocycles. The smallest absolute Gasteiger partial charge is 0.276 e. The van der Waals surface area contributed by atoms with Crippen molar-refractivity contribution in [3.63, 3.8) is 0 Å². The standard InChI is InChI=1S/C23H19ClN4O4S/c24-16-5-1-8-19(13-16)28-21(22-9-3-11-32-22)15-20(26-28)23(29)25-17-6-2-7-18(14-17)27-10-4-12-33(27,30)31/h1-3,5-9,11,13-15H,4,10,12H2,(H,25,29). The number of benzene rings is 2. The van der Waals surface area contributed by atoms with Gasteiger partial charge in [-0.25, -0.2) is 13.1 Å². The zero-order valence-corrected chi connectivity index (χ0v) is 18.9. The van der Waals surface area contributed by atoms with Crippen LogP contribution in [0.2, 0.25) is 5.02 Å². The maximum absolute atomic E-state index is 13.0. The van der Waals surface area contributed by atoms with E-state index in [4.69, 9.17) is 16.0 Å². The molecule has 2 aromatic carbocycles. The van der Waals surface area contributed by atoms with Crippen molar-refractivity contribution in [3.8, 4) is 17.1 Å². The highest BCUT2D eigenvalue weighted by Crippen LogP contribution is 2.28. The third-order valence-corrected chi connectivity index (χ3v) is 7.36. The number of hydrogen-bond donors (Lipinski definition) is 1. The van der Waals surface area contributed by atoms with Crippen LogP contribution in [0.25, 0.3) is 17.1 Å². The first kappa shape index (κ1) is 21.3. The molecule has 0 radical (unpaired) electrons. The number of amides is 1. The molecule has 5 rings (SSSR count). The fraction of sp³-hybridized carbons (Fsp3) is 0.130. The van der Waals surface area contributed by atoms with E-state index in [1.807, 2.05) is 6.07 Å². The minimum atomic E-state index is -3.32.